The van der Waals surface area contributed by atoms with Crippen LogP contribution < -0.4 is 5.32 Å². The number of para-hydroxylation sites is 1. The number of anilines is 1. The fourth-order valence-corrected chi connectivity index (χ4v) is 2.35. The molecular formula is C16H12ClN3O3. The number of non-ortho nitro benzene ring substituents is 1. The Morgan fingerprint density at radius 3 is 2.52 bits per heavy atom. The molecule has 1 unspecified atom stereocenters. The van der Waals surface area contributed by atoms with Crippen molar-refractivity contribution in [2.24, 2.45) is 0 Å². The summed E-state index contributed by atoms with van der Waals surface area (Å²) in [5, 5.41) is 23.5. The van der Waals surface area contributed by atoms with Gasteiger partial charge in [-0.3, -0.25) is 14.9 Å². The summed E-state index contributed by atoms with van der Waals surface area (Å²) in [5.41, 5.74) is -1.31. The van der Waals surface area contributed by atoms with Gasteiger partial charge in [-0.25, -0.2) is 0 Å². The molecule has 0 spiro atoms. The number of nitro groups is 1. The molecule has 2 aromatic carbocycles. The van der Waals surface area contributed by atoms with Crippen molar-refractivity contribution >= 4 is 28.8 Å². The minimum atomic E-state index is -1.80. The second kappa shape index (κ2) is 6.90. The molecule has 0 saturated heterocycles. The van der Waals surface area contributed by atoms with Gasteiger partial charge in [0, 0.05) is 23.4 Å². The summed E-state index contributed by atoms with van der Waals surface area (Å²) in [6, 6.07) is 16.0. The number of carbonyl (C=O) groups is 1. The Balaban J connectivity index is 2.58. The highest BCUT2D eigenvalue weighted by Gasteiger charge is 2.40. The number of nitriles is 1. The number of nitro benzene ring substituents is 1. The third kappa shape index (κ3) is 3.30. The molecule has 0 aliphatic heterocycles. The lowest BCUT2D eigenvalue weighted by molar-refractivity contribution is -0.384. The number of hydrogen-bond donors (Lipinski definition) is 1. The van der Waals surface area contributed by atoms with E-state index in [1.807, 2.05) is 6.07 Å². The van der Waals surface area contributed by atoms with Gasteiger partial charge in [0.15, 0.2) is 5.78 Å². The van der Waals surface area contributed by atoms with E-state index in [4.69, 9.17) is 11.6 Å². The van der Waals surface area contributed by atoms with E-state index in [0.29, 0.717) is 5.69 Å². The molecule has 0 saturated carbocycles. The summed E-state index contributed by atoms with van der Waals surface area (Å²) in [4.78, 5) is 22.7. The Bertz CT molecular complexity index is 774. The summed E-state index contributed by atoms with van der Waals surface area (Å²) in [6.07, 6.45) is 0. The highest BCUT2D eigenvalue weighted by molar-refractivity contribution is 6.29. The Morgan fingerprint density at radius 1 is 1.26 bits per heavy atom. The predicted molar refractivity (Wildman–Crippen MR) is 86.2 cm³/mol. The molecule has 0 aromatic heterocycles. The molecule has 0 heterocycles. The van der Waals surface area contributed by atoms with E-state index in [-0.39, 0.29) is 11.3 Å². The maximum Gasteiger partial charge on any atom is 0.269 e. The number of carbonyl (C=O) groups excluding carboxylic acids is 1. The van der Waals surface area contributed by atoms with Crippen LogP contribution >= 0.6 is 11.6 Å². The third-order valence-electron chi connectivity index (χ3n) is 3.30. The first-order valence-electron chi connectivity index (χ1n) is 6.62. The van der Waals surface area contributed by atoms with Gasteiger partial charge in [-0.15, -0.1) is 11.6 Å². The van der Waals surface area contributed by atoms with Gasteiger partial charge in [0.2, 0.25) is 5.54 Å². The normalized spacial score (nSPS) is 12.7. The Morgan fingerprint density at radius 2 is 1.96 bits per heavy atom. The van der Waals surface area contributed by atoms with Crippen molar-refractivity contribution in [3.63, 3.8) is 0 Å². The van der Waals surface area contributed by atoms with Gasteiger partial charge in [-0.05, 0) is 12.1 Å². The van der Waals surface area contributed by atoms with Crippen LogP contribution in [0, 0.1) is 21.4 Å². The van der Waals surface area contributed by atoms with E-state index >= 15 is 0 Å². The van der Waals surface area contributed by atoms with Crippen molar-refractivity contribution in [3.05, 3.63) is 70.3 Å². The lowest BCUT2D eigenvalue weighted by Gasteiger charge is -2.27. The van der Waals surface area contributed by atoms with Crippen LogP contribution in [0.4, 0.5) is 11.4 Å². The highest BCUT2D eigenvalue weighted by atomic mass is 35.5. The van der Waals surface area contributed by atoms with Crippen LogP contribution in [0.3, 0.4) is 0 Å². The number of Topliss-reactive ketones (excluding diaryl/α,β-unsaturated/α-hetero) is 1. The minimum Gasteiger partial charge on any atom is -0.358 e. The molecule has 0 amide bonds. The van der Waals surface area contributed by atoms with Crippen molar-refractivity contribution in [3.8, 4) is 6.07 Å². The van der Waals surface area contributed by atoms with E-state index in [1.165, 1.54) is 24.3 Å². The average Bonchev–Trinajstić information content (AvgIpc) is 2.60. The van der Waals surface area contributed by atoms with Gasteiger partial charge >= 0.3 is 0 Å². The zero-order valence-electron chi connectivity index (χ0n) is 11.9. The summed E-state index contributed by atoms with van der Waals surface area (Å²) in [5.74, 6) is -0.998. The summed E-state index contributed by atoms with van der Waals surface area (Å²) in [6.45, 7) is 0. The Hall–Kier alpha value is -2.91. The lowest BCUT2D eigenvalue weighted by atomic mass is 9.87. The molecule has 0 bridgehead atoms. The number of halogens is 1. The number of ketones is 1. The van der Waals surface area contributed by atoms with Crippen LogP contribution in [0.25, 0.3) is 0 Å². The van der Waals surface area contributed by atoms with Crippen molar-refractivity contribution in [2.45, 2.75) is 5.54 Å². The number of benzene rings is 2. The van der Waals surface area contributed by atoms with Crippen molar-refractivity contribution < 1.29 is 9.72 Å². The number of rotatable bonds is 6. The first-order chi connectivity index (χ1) is 11.0. The van der Waals surface area contributed by atoms with E-state index < -0.39 is 22.1 Å². The van der Waals surface area contributed by atoms with Crippen molar-refractivity contribution in [2.75, 3.05) is 11.2 Å². The monoisotopic (exact) mass is 329 g/mol. The van der Waals surface area contributed by atoms with Crippen LogP contribution in [0.2, 0.25) is 0 Å². The summed E-state index contributed by atoms with van der Waals surface area (Å²) >= 11 is 5.66. The molecule has 2 aromatic rings. The van der Waals surface area contributed by atoms with E-state index in [9.17, 15) is 20.2 Å². The molecule has 116 valence electrons. The number of hydrogen-bond acceptors (Lipinski definition) is 5. The maximum atomic E-state index is 12.4. The van der Waals surface area contributed by atoms with Crippen LogP contribution in [0.5, 0.6) is 0 Å². The van der Waals surface area contributed by atoms with Crippen LogP contribution in [0.15, 0.2) is 54.6 Å². The molecule has 0 aliphatic rings. The minimum absolute atomic E-state index is 0.170. The standard InChI is InChI=1S/C16H12ClN3O3/c17-10-15(21)16(11-18,19-13-6-2-1-3-7-13)12-5-4-8-14(9-12)20(22)23/h1-9,19H,10H2. The van der Waals surface area contributed by atoms with Crippen LogP contribution in [-0.2, 0) is 10.3 Å². The highest BCUT2D eigenvalue weighted by Crippen LogP contribution is 2.30. The van der Waals surface area contributed by atoms with Gasteiger partial charge in [0.1, 0.15) is 6.07 Å². The Kier molecular flexibility index (Phi) is 4.94. The van der Waals surface area contributed by atoms with Gasteiger partial charge in [-0.1, -0.05) is 30.3 Å². The summed E-state index contributed by atoms with van der Waals surface area (Å²) < 4.78 is 0. The smallest absolute Gasteiger partial charge is 0.269 e. The second-order valence-electron chi connectivity index (χ2n) is 4.72. The average molecular weight is 330 g/mol. The van der Waals surface area contributed by atoms with E-state index in [0.717, 1.165) is 0 Å². The molecule has 23 heavy (non-hydrogen) atoms. The van der Waals surface area contributed by atoms with Gasteiger partial charge in [0.05, 0.1) is 10.8 Å². The van der Waals surface area contributed by atoms with Gasteiger partial charge in [0.25, 0.3) is 5.69 Å². The SMILES string of the molecule is N#CC(Nc1ccccc1)(C(=O)CCl)c1cccc([N+](=O)[O-])c1. The molecule has 2 rings (SSSR count). The fourth-order valence-electron chi connectivity index (χ4n) is 2.15. The van der Waals surface area contributed by atoms with Crippen molar-refractivity contribution in [1.82, 2.24) is 0 Å². The maximum absolute atomic E-state index is 12.4. The molecule has 7 heteroatoms. The van der Waals surface area contributed by atoms with Crippen LogP contribution in [0.1, 0.15) is 5.56 Å². The molecule has 0 radical (unpaired) electrons. The number of nitrogens with zero attached hydrogens (tertiary/aromatic N) is 2. The predicted octanol–water partition coefficient (Wildman–Crippen LogP) is 3.23. The first kappa shape index (κ1) is 16.5. The van der Waals surface area contributed by atoms with Gasteiger partial charge < -0.3 is 5.32 Å². The second-order valence-corrected chi connectivity index (χ2v) is 4.98. The fraction of sp³-hybridized carbons (Fsp3) is 0.125. The Labute approximate surface area is 137 Å². The van der Waals surface area contributed by atoms with Gasteiger partial charge in [-0.2, -0.15) is 5.26 Å². The largest absolute Gasteiger partial charge is 0.358 e. The third-order valence-corrected chi connectivity index (χ3v) is 3.55. The molecule has 6 nitrogen and oxygen atoms in total. The molecule has 1 N–H and O–H groups in total. The molecule has 0 aliphatic carbocycles. The zero-order valence-corrected chi connectivity index (χ0v) is 12.7. The zero-order chi connectivity index (χ0) is 16.9. The van der Waals surface area contributed by atoms with Crippen molar-refractivity contribution in [1.29, 1.82) is 5.26 Å². The van der Waals surface area contributed by atoms with Crippen LogP contribution in [-0.4, -0.2) is 16.6 Å². The molecule has 1 atom stereocenters. The first-order valence-corrected chi connectivity index (χ1v) is 7.15. The number of nitrogens with one attached hydrogen (secondary N) is 1. The molecule has 0 fully saturated rings. The quantitative estimate of drug-likeness (QED) is 0.498. The summed E-state index contributed by atoms with van der Waals surface area (Å²) in [7, 11) is 0. The number of alkyl halides is 1. The topological polar surface area (TPSA) is 96.0 Å². The van der Waals surface area contributed by atoms with E-state index in [2.05, 4.69) is 5.32 Å². The lowest BCUT2D eigenvalue weighted by Crippen LogP contribution is -2.43. The molecular weight excluding hydrogens is 318 g/mol. The van der Waals surface area contributed by atoms with E-state index in [1.54, 1.807) is 30.3 Å².